The average Bonchev–Trinajstić information content (AvgIpc) is 3.00. The lowest BCUT2D eigenvalue weighted by Crippen LogP contribution is -2.09. The lowest BCUT2D eigenvalue weighted by Gasteiger charge is -2.05. The average molecular weight is 651 g/mol. The van der Waals surface area contributed by atoms with E-state index in [4.69, 9.17) is 12.0 Å². The second-order valence-electron chi connectivity index (χ2n) is 12.7. The molecule has 0 rings (SSSR count). The summed E-state index contributed by atoms with van der Waals surface area (Å²) in [5, 5.41) is 0. The third-order valence-corrected chi connectivity index (χ3v) is 10.1. The summed E-state index contributed by atoms with van der Waals surface area (Å²) in [5.41, 5.74) is 0. The minimum Gasteiger partial charge on any atom is -0.268 e. The summed E-state index contributed by atoms with van der Waals surface area (Å²) in [6, 6.07) is 0. The van der Waals surface area contributed by atoms with Gasteiger partial charge in [0.1, 0.15) is 0 Å². The van der Waals surface area contributed by atoms with Gasteiger partial charge in [-0.3, -0.25) is 8.37 Å². The number of rotatable bonds is 38. The van der Waals surface area contributed by atoms with Crippen molar-refractivity contribution in [3.63, 3.8) is 0 Å². The highest BCUT2D eigenvalue weighted by Crippen LogP contribution is 2.15. The van der Waals surface area contributed by atoms with Crippen LogP contribution in [0, 0.1) is 0 Å². The molecule has 43 heavy (non-hydrogen) atoms. The molecule has 0 aromatic heterocycles. The first-order chi connectivity index (χ1) is 21.2. The van der Waals surface area contributed by atoms with Crippen molar-refractivity contribution in [2.45, 2.75) is 219 Å². The van der Waals surface area contributed by atoms with E-state index in [1.807, 2.05) is 0 Å². The van der Waals surface area contributed by atoms with Gasteiger partial charge in [-0.15, -0.1) is 3.63 Å². The zero-order valence-corrected chi connectivity index (χ0v) is 30.5. The Labute approximate surface area is 274 Å². The van der Waals surface area contributed by atoms with E-state index in [0.29, 0.717) is 13.2 Å². The smallest absolute Gasteiger partial charge is 0.268 e. The van der Waals surface area contributed by atoms with Crippen molar-refractivity contribution >= 4 is 22.7 Å². The Hall–Kier alpha value is 0.180. The lowest BCUT2D eigenvalue weighted by atomic mass is 10.0. The van der Waals surface area contributed by atoms with Crippen molar-refractivity contribution in [1.29, 1.82) is 0 Å². The van der Waals surface area contributed by atoms with Crippen LogP contribution in [-0.4, -0.2) is 21.6 Å². The molecular weight excluding hydrogens is 577 g/mol. The molecule has 0 aromatic carbocycles. The van der Waals surface area contributed by atoms with Gasteiger partial charge in [0.2, 0.25) is 0 Å². The molecule has 0 radical (unpaired) electrons. The first-order valence-corrected chi connectivity index (χ1v) is 21.0. The Kier molecular flexibility index (Phi) is 38.5. The lowest BCUT2D eigenvalue weighted by molar-refractivity contribution is 0.274. The topological polar surface area (TPSA) is 61.8 Å². The Bertz CT molecular complexity index is 528. The second kappa shape index (κ2) is 38.4. The van der Waals surface area contributed by atoms with E-state index >= 15 is 0 Å². The maximum absolute atomic E-state index is 11.8. The summed E-state index contributed by atoms with van der Waals surface area (Å²) in [6.07, 6.45) is 42.0. The van der Waals surface area contributed by atoms with Crippen molar-refractivity contribution < 1.29 is 20.4 Å². The summed E-state index contributed by atoms with van der Waals surface area (Å²) in [5.74, 6) is 0. The van der Waals surface area contributed by atoms with Crippen molar-refractivity contribution in [1.82, 2.24) is 0 Å². The van der Waals surface area contributed by atoms with E-state index < -0.39 is 22.7 Å². The third-order valence-electron chi connectivity index (χ3n) is 8.47. The Morgan fingerprint density at radius 2 is 0.488 bits per heavy atom. The maximum atomic E-state index is 11.8. The van der Waals surface area contributed by atoms with Crippen LogP contribution in [0.1, 0.15) is 219 Å². The monoisotopic (exact) mass is 650 g/mol. The predicted octanol–water partition coefficient (Wildman–Crippen LogP) is 12.7. The normalized spacial score (nSPS) is 13.1. The first kappa shape index (κ1) is 43.2. The van der Waals surface area contributed by atoms with Crippen LogP contribution in [0.2, 0.25) is 0 Å². The molecule has 0 aliphatic carbocycles. The van der Waals surface area contributed by atoms with E-state index in [2.05, 4.69) is 13.8 Å². The molecule has 0 fully saturated rings. The van der Waals surface area contributed by atoms with Gasteiger partial charge in [0.05, 0.1) is 13.2 Å². The molecule has 0 amide bonds. The van der Waals surface area contributed by atoms with Crippen LogP contribution < -0.4 is 0 Å². The quantitative estimate of drug-likeness (QED) is 0.0622. The third kappa shape index (κ3) is 38.3. The summed E-state index contributed by atoms with van der Waals surface area (Å²) in [7, 11) is 0. The summed E-state index contributed by atoms with van der Waals surface area (Å²) < 4.78 is 38.7. The highest BCUT2D eigenvalue weighted by Gasteiger charge is 2.09. The fraction of sp³-hybridized carbons (Fsp3) is 1.00. The fourth-order valence-electron chi connectivity index (χ4n) is 5.64. The minimum absolute atomic E-state index is 0.362. The van der Waals surface area contributed by atoms with Crippen LogP contribution in [0.15, 0.2) is 0 Å². The highest BCUT2D eigenvalue weighted by atomic mass is 32.3. The molecular formula is C36H74O5S2. The Balaban J connectivity index is 3.26. The van der Waals surface area contributed by atoms with Gasteiger partial charge in [-0.2, -0.15) is 8.42 Å². The highest BCUT2D eigenvalue weighted by molar-refractivity contribution is 7.88. The van der Waals surface area contributed by atoms with Gasteiger partial charge in [0.15, 0.2) is 0 Å². The molecule has 7 heteroatoms. The SMILES string of the molecule is CCCCCCCCCCCCCCCCCCOS(=O)OS(=O)OCCCCCCCCCCCCCCCCCC. The van der Waals surface area contributed by atoms with E-state index in [1.165, 1.54) is 180 Å². The Morgan fingerprint density at radius 3 is 0.698 bits per heavy atom. The molecule has 0 spiro atoms. The molecule has 0 atom stereocenters. The molecule has 260 valence electrons. The van der Waals surface area contributed by atoms with Gasteiger partial charge in [-0.25, -0.2) is 0 Å². The maximum Gasteiger partial charge on any atom is 0.320 e. The molecule has 0 heterocycles. The second-order valence-corrected chi connectivity index (χ2v) is 14.6. The van der Waals surface area contributed by atoms with Crippen LogP contribution in [0.4, 0.5) is 0 Å². The van der Waals surface area contributed by atoms with Crippen LogP contribution in [-0.2, 0) is 34.7 Å². The largest absolute Gasteiger partial charge is 0.320 e. The van der Waals surface area contributed by atoms with E-state index in [1.54, 1.807) is 0 Å². The zero-order chi connectivity index (χ0) is 31.3. The molecule has 0 aliphatic rings. The number of hydrogen-bond acceptors (Lipinski definition) is 5. The van der Waals surface area contributed by atoms with Gasteiger partial charge < -0.3 is 0 Å². The molecule has 0 N–H and O–H groups in total. The van der Waals surface area contributed by atoms with Crippen LogP contribution in [0.5, 0.6) is 0 Å². The van der Waals surface area contributed by atoms with Gasteiger partial charge in [0, 0.05) is 0 Å². The number of hydrogen-bond donors (Lipinski definition) is 0. The zero-order valence-electron chi connectivity index (χ0n) is 28.9. The number of unbranched alkanes of at least 4 members (excludes halogenated alkanes) is 30. The van der Waals surface area contributed by atoms with Gasteiger partial charge in [0.25, 0.3) is 0 Å². The molecule has 0 saturated carbocycles. The van der Waals surface area contributed by atoms with Crippen LogP contribution in [0.3, 0.4) is 0 Å². The van der Waals surface area contributed by atoms with Gasteiger partial charge >= 0.3 is 22.7 Å². The standard InChI is InChI=1S/C36H74O5S2/c1-3-5-7-9-11-13-15-17-19-21-23-25-27-29-31-33-35-39-42(37)41-43(38)40-36-34-32-30-28-26-24-22-20-18-16-14-12-10-8-6-4-2/h3-36H2,1-2H3. The van der Waals surface area contributed by atoms with Crippen LogP contribution in [0.25, 0.3) is 0 Å². The predicted molar refractivity (Wildman–Crippen MR) is 188 cm³/mol. The van der Waals surface area contributed by atoms with Crippen molar-refractivity contribution in [3.8, 4) is 0 Å². The molecule has 0 aromatic rings. The van der Waals surface area contributed by atoms with E-state index in [-0.39, 0.29) is 0 Å². The summed E-state index contributed by atoms with van der Waals surface area (Å²) in [4.78, 5) is 0. The van der Waals surface area contributed by atoms with E-state index in [0.717, 1.165) is 25.7 Å². The molecule has 0 bridgehead atoms. The fourth-order valence-corrected chi connectivity index (χ4v) is 6.82. The van der Waals surface area contributed by atoms with Crippen molar-refractivity contribution in [2.24, 2.45) is 0 Å². The van der Waals surface area contributed by atoms with Crippen molar-refractivity contribution in [2.75, 3.05) is 13.2 Å². The molecule has 0 saturated heterocycles. The van der Waals surface area contributed by atoms with E-state index in [9.17, 15) is 8.42 Å². The molecule has 0 unspecified atom stereocenters. The van der Waals surface area contributed by atoms with Gasteiger partial charge in [-0.05, 0) is 12.8 Å². The molecule has 5 nitrogen and oxygen atoms in total. The molecule has 0 aliphatic heterocycles. The summed E-state index contributed by atoms with van der Waals surface area (Å²) in [6.45, 7) is 5.28. The minimum atomic E-state index is -2.01. The van der Waals surface area contributed by atoms with Gasteiger partial charge in [-0.1, -0.05) is 206 Å². The first-order valence-electron chi connectivity index (χ1n) is 19.0. The van der Waals surface area contributed by atoms with Crippen LogP contribution >= 0.6 is 0 Å². The van der Waals surface area contributed by atoms with Crippen molar-refractivity contribution in [3.05, 3.63) is 0 Å². The Morgan fingerprint density at radius 1 is 0.302 bits per heavy atom. The summed E-state index contributed by atoms with van der Waals surface area (Å²) >= 11 is -4.02.